The maximum atomic E-state index is 11.4. The molecule has 0 aromatic rings. The number of amides is 2. The molecule has 0 bridgehead atoms. The van der Waals surface area contributed by atoms with Gasteiger partial charge in [0.1, 0.15) is 0 Å². The van der Waals surface area contributed by atoms with Crippen molar-refractivity contribution in [2.45, 2.75) is 31.8 Å². The molecule has 1 heterocycles. The molecule has 1 aliphatic carbocycles. The van der Waals surface area contributed by atoms with Gasteiger partial charge < -0.3 is 4.74 Å². The van der Waals surface area contributed by atoms with Gasteiger partial charge in [0.2, 0.25) is 0 Å². The predicted octanol–water partition coefficient (Wildman–Crippen LogP) is 0.491. The van der Waals surface area contributed by atoms with Crippen molar-refractivity contribution in [2.24, 2.45) is 0 Å². The van der Waals surface area contributed by atoms with Crippen LogP contribution >= 0.6 is 0 Å². The lowest BCUT2D eigenvalue weighted by molar-refractivity contribution is -0.178. The second-order valence-corrected chi connectivity index (χ2v) is 4.05. The van der Waals surface area contributed by atoms with Crippen molar-refractivity contribution in [3.8, 4) is 0 Å². The molecule has 2 amide bonds. The summed E-state index contributed by atoms with van der Waals surface area (Å²) in [4.78, 5) is 49.5. The molecule has 2 rings (SSSR count). The number of ether oxygens (including phenoxy) is 1. The zero-order valence-corrected chi connectivity index (χ0v) is 9.51. The van der Waals surface area contributed by atoms with Gasteiger partial charge in [-0.3, -0.25) is 19.2 Å². The van der Waals surface area contributed by atoms with Crippen molar-refractivity contribution in [1.29, 1.82) is 0 Å². The van der Waals surface area contributed by atoms with Crippen LogP contribution in [0.5, 0.6) is 0 Å². The van der Waals surface area contributed by atoms with E-state index in [2.05, 4.69) is 11.4 Å². The molecule has 0 aromatic heterocycles. The van der Waals surface area contributed by atoms with Crippen molar-refractivity contribution < 1.29 is 28.8 Å². The number of hydrogen-bond donors (Lipinski definition) is 0. The van der Waals surface area contributed by atoms with E-state index in [1.807, 2.05) is 0 Å². The highest BCUT2D eigenvalue weighted by molar-refractivity contribution is 6.01. The molecule has 1 atom stereocenters. The highest BCUT2D eigenvalue weighted by Crippen LogP contribution is 2.23. The number of nitrogens with zero attached hydrogens (tertiary/aromatic N) is 1. The van der Waals surface area contributed by atoms with Crippen LogP contribution in [0.3, 0.4) is 0 Å². The molecule has 2 aliphatic rings. The first-order valence-electron chi connectivity index (χ1n) is 5.44. The largest absolute Gasteiger partial charge is 0.535 e. The van der Waals surface area contributed by atoms with Gasteiger partial charge in [0.05, 0.1) is 0 Å². The molecule has 18 heavy (non-hydrogen) atoms. The molecule has 96 valence electrons. The Balaban J connectivity index is 1.93. The molecule has 1 aliphatic heterocycles. The van der Waals surface area contributed by atoms with Crippen LogP contribution in [0.25, 0.3) is 0 Å². The third kappa shape index (κ3) is 2.24. The van der Waals surface area contributed by atoms with Crippen molar-refractivity contribution in [2.75, 3.05) is 0 Å². The number of Topliss-reactive ketones (excluding diaryl/α,β-unsaturated/α-hetero) is 1. The lowest BCUT2D eigenvalue weighted by Gasteiger charge is -2.15. The number of imide groups is 1. The van der Waals surface area contributed by atoms with Crippen LogP contribution in [0.1, 0.15) is 25.7 Å². The van der Waals surface area contributed by atoms with Crippen LogP contribution in [0.15, 0.2) is 12.2 Å². The van der Waals surface area contributed by atoms with Crippen LogP contribution in [0, 0.1) is 0 Å². The third-order valence-corrected chi connectivity index (χ3v) is 2.74. The number of carbonyl (C=O) groups excluding carboxylic acids is 4. The molecule has 7 heteroatoms. The maximum absolute atomic E-state index is 11.4. The van der Waals surface area contributed by atoms with Crippen LogP contribution < -0.4 is 0 Å². The molecule has 0 aromatic carbocycles. The molecular formula is C11H11NO6. The van der Waals surface area contributed by atoms with Crippen molar-refractivity contribution in [3.63, 3.8) is 0 Å². The summed E-state index contributed by atoms with van der Waals surface area (Å²) in [6, 6.07) is 0. The first-order valence-corrected chi connectivity index (χ1v) is 5.44. The van der Waals surface area contributed by atoms with Crippen LogP contribution in [-0.2, 0) is 24.0 Å². The van der Waals surface area contributed by atoms with Crippen molar-refractivity contribution in [3.05, 3.63) is 12.2 Å². The molecule has 0 spiro atoms. The Kier molecular flexibility index (Phi) is 3.14. The van der Waals surface area contributed by atoms with Gasteiger partial charge in [0.25, 0.3) is 11.8 Å². The van der Waals surface area contributed by atoms with E-state index in [9.17, 15) is 19.2 Å². The fourth-order valence-electron chi connectivity index (χ4n) is 1.77. The number of hydrogen-bond acceptors (Lipinski definition) is 6. The van der Waals surface area contributed by atoms with Crippen molar-refractivity contribution >= 4 is 23.8 Å². The summed E-state index contributed by atoms with van der Waals surface area (Å²) in [5.41, 5.74) is 0.482. The smallest absolute Gasteiger partial charge is 0.417 e. The van der Waals surface area contributed by atoms with Crippen LogP contribution in [-0.4, -0.2) is 34.9 Å². The molecule has 2 fully saturated rings. The summed E-state index contributed by atoms with van der Waals surface area (Å²) in [7, 11) is 0. The lowest BCUT2D eigenvalue weighted by Crippen LogP contribution is -2.34. The lowest BCUT2D eigenvalue weighted by atomic mass is 10.2. The van der Waals surface area contributed by atoms with Gasteiger partial charge in [0.15, 0.2) is 11.9 Å². The van der Waals surface area contributed by atoms with E-state index in [4.69, 9.17) is 4.74 Å². The first kappa shape index (κ1) is 12.3. The van der Waals surface area contributed by atoms with Crippen LogP contribution in [0.2, 0.25) is 0 Å². The molecule has 1 unspecified atom stereocenters. The predicted molar refractivity (Wildman–Crippen MR) is 55.8 cm³/mol. The zero-order valence-electron chi connectivity index (χ0n) is 9.51. The molecular weight excluding hydrogens is 242 g/mol. The minimum absolute atomic E-state index is 0.00117. The monoisotopic (exact) mass is 253 g/mol. The number of rotatable bonds is 2. The summed E-state index contributed by atoms with van der Waals surface area (Å²) < 4.78 is 4.74. The minimum Gasteiger partial charge on any atom is -0.417 e. The summed E-state index contributed by atoms with van der Waals surface area (Å²) in [6.07, 6.45) is -1.57. The van der Waals surface area contributed by atoms with E-state index in [0.717, 1.165) is 0 Å². The second-order valence-electron chi connectivity index (χ2n) is 4.05. The SMILES string of the molecule is C=C1CCC(=O)C1OC(=O)ON1C(=O)CCC1=O. The Hall–Kier alpha value is -2.18. The van der Waals surface area contributed by atoms with Gasteiger partial charge in [-0.1, -0.05) is 11.6 Å². The molecule has 0 radical (unpaired) electrons. The normalized spacial score (nSPS) is 23.8. The number of ketones is 1. The quantitative estimate of drug-likeness (QED) is 0.404. The van der Waals surface area contributed by atoms with Gasteiger partial charge in [-0.15, -0.1) is 0 Å². The van der Waals surface area contributed by atoms with Gasteiger partial charge in [0, 0.05) is 19.3 Å². The summed E-state index contributed by atoms with van der Waals surface area (Å²) >= 11 is 0. The summed E-state index contributed by atoms with van der Waals surface area (Å²) in [5, 5.41) is 0.366. The standard InChI is InChI=1S/C11H11NO6/c1-6-2-3-7(13)10(6)17-11(16)18-12-8(14)4-5-9(12)15/h10H,1-5H2. The molecule has 1 saturated heterocycles. The van der Waals surface area contributed by atoms with Gasteiger partial charge in [-0.05, 0) is 12.0 Å². The fraction of sp³-hybridized carbons (Fsp3) is 0.455. The summed E-state index contributed by atoms with van der Waals surface area (Å²) in [5.74, 6) is -1.47. The Labute approximate surface area is 102 Å². The number of hydroxylamine groups is 2. The first-order chi connectivity index (χ1) is 8.49. The zero-order chi connectivity index (χ0) is 13.3. The van der Waals surface area contributed by atoms with E-state index >= 15 is 0 Å². The minimum atomic E-state index is -1.25. The second kappa shape index (κ2) is 4.59. The Morgan fingerprint density at radius 2 is 1.72 bits per heavy atom. The average molecular weight is 253 g/mol. The molecule has 7 nitrogen and oxygen atoms in total. The van der Waals surface area contributed by atoms with E-state index in [1.165, 1.54) is 0 Å². The highest BCUT2D eigenvalue weighted by atomic mass is 16.8. The van der Waals surface area contributed by atoms with E-state index < -0.39 is 24.1 Å². The van der Waals surface area contributed by atoms with Crippen LogP contribution in [0.4, 0.5) is 4.79 Å². The Morgan fingerprint density at radius 1 is 1.11 bits per heavy atom. The van der Waals surface area contributed by atoms with Crippen molar-refractivity contribution in [1.82, 2.24) is 5.06 Å². The molecule has 0 N–H and O–H groups in total. The Morgan fingerprint density at radius 3 is 2.22 bits per heavy atom. The molecule has 1 saturated carbocycles. The van der Waals surface area contributed by atoms with Gasteiger partial charge in [-0.25, -0.2) is 4.79 Å². The highest BCUT2D eigenvalue weighted by Gasteiger charge is 2.36. The summed E-state index contributed by atoms with van der Waals surface area (Å²) in [6.45, 7) is 3.60. The van der Waals surface area contributed by atoms with E-state index in [1.54, 1.807) is 0 Å². The van der Waals surface area contributed by atoms with Gasteiger partial charge >= 0.3 is 6.16 Å². The van der Waals surface area contributed by atoms with E-state index in [-0.39, 0.29) is 25.0 Å². The maximum Gasteiger partial charge on any atom is 0.535 e. The topological polar surface area (TPSA) is 90.0 Å². The van der Waals surface area contributed by atoms with Gasteiger partial charge in [-0.2, -0.15) is 0 Å². The third-order valence-electron chi connectivity index (χ3n) is 2.74. The Bertz CT molecular complexity index is 382. The van der Waals surface area contributed by atoms with E-state index in [0.29, 0.717) is 17.1 Å². The average Bonchev–Trinajstić information content (AvgIpc) is 2.79. The number of carbonyl (C=O) groups is 4. The fourth-order valence-corrected chi connectivity index (χ4v) is 1.77.